The molecule has 1 N–H and O–H groups in total. The molecule has 0 radical (unpaired) electrons. The summed E-state index contributed by atoms with van der Waals surface area (Å²) in [6, 6.07) is 3.49. The van der Waals surface area contributed by atoms with Gasteiger partial charge in [-0.2, -0.15) is 0 Å². The molecule has 0 unspecified atom stereocenters. The third kappa shape index (κ3) is 2.17. The van der Waals surface area contributed by atoms with Gasteiger partial charge in [0.1, 0.15) is 5.00 Å². The summed E-state index contributed by atoms with van der Waals surface area (Å²) in [5.41, 5.74) is 1.01. The van der Waals surface area contributed by atoms with Gasteiger partial charge < -0.3 is 15.2 Å². The van der Waals surface area contributed by atoms with Crippen LogP contribution in [0.2, 0.25) is 0 Å². The maximum Gasteiger partial charge on any atom is 0.266 e. The zero-order valence-corrected chi connectivity index (χ0v) is 11.5. The topological polar surface area (TPSA) is 69.2 Å². The Balaban J connectivity index is 1.93. The second-order valence-electron chi connectivity index (χ2n) is 4.28. The van der Waals surface area contributed by atoms with Gasteiger partial charge >= 0.3 is 0 Å². The van der Waals surface area contributed by atoms with Crippen LogP contribution in [0.15, 0.2) is 17.5 Å². The minimum absolute atomic E-state index is 0.169. The lowest BCUT2D eigenvalue weighted by Gasteiger charge is -2.08. The number of thiophene rings is 2. The molecule has 98 valence electrons. The van der Waals surface area contributed by atoms with Crippen molar-refractivity contribution in [3.8, 4) is 0 Å². The zero-order valence-electron chi connectivity index (χ0n) is 9.89. The average molecular weight is 292 g/mol. The van der Waals surface area contributed by atoms with Crippen LogP contribution in [-0.4, -0.2) is 11.9 Å². The highest BCUT2D eigenvalue weighted by Gasteiger charge is 2.24. The number of carboxylic acid groups (broad SMARTS) is 1. The summed E-state index contributed by atoms with van der Waals surface area (Å²) >= 11 is 2.68. The molecule has 1 amide bonds. The molecule has 2 aromatic rings. The van der Waals surface area contributed by atoms with Gasteiger partial charge in [0, 0.05) is 10.4 Å². The molecule has 0 aromatic carbocycles. The molecule has 0 saturated carbocycles. The SMILES string of the molecule is O=C(Nc1sc2c(c1C(=O)[O-])CCC2)c1cccs1. The van der Waals surface area contributed by atoms with Gasteiger partial charge in [-0.1, -0.05) is 6.07 Å². The predicted molar refractivity (Wildman–Crippen MR) is 72.9 cm³/mol. The van der Waals surface area contributed by atoms with E-state index in [4.69, 9.17) is 0 Å². The Morgan fingerprint density at radius 2 is 2.16 bits per heavy atom. The summed E-state index contributed by atoms with van der Waals surface area (Å²) in [5, 5.41) is 16.2. The lowest BCUT2D eigenvalue weighted by atomic mass is 10.1. The van der Waals surface area contributed by atoms with Crippen LogP contribution in [0.4, 0.5) is 5.00 Å². The van der Waals surface area contributed by atoms with Crippen molar-refractivity contribution in [3.63, 3.8) is 0 Å². The first-order valence-corrected chi connectivity index (χ1v) is 7.57. The van der Waals surface area contributed by atoms with E-state index in [2.05, 4.69) is 5.32 Å². The maximum absolute atomic E-state index is 12.0. The molecule has 0 spiro atoms. The van der Waals surface area contributed by atoms with E-state index in [0.29, 0.717) is 9.88 Å². The van der Waals surface area contributed by atoms with Crippen LogP contribution in [0.25, 0.3) is 0 Å². The van der Waals surface area contributed by atoms with E-state index in [1.165, 1.54) is 22.7 Å². The number of hydrogen-bond acceptors (Lipinski definition) is 5. The molecule has 0 aliphatic heterocycles. The highest BCUT2D eigenvalue weighted by Crippen LogP contribution is 2.38. The van der Waals surface area contributed by atoms with Crippen LogP contribution in [-0.2, 0) is 12.8 Å². The van der Waals surface area contributed by atoms with Gasteiger partial charge in [0.25, 0.3) is 5.91 Å². The monoisotopic (exact) mass is 292 g/mol. The van der Waals surface area contributed by atoms with Crippen molar-refractivity contribution in [2.45, 2.75) is 19.3 Å². The fourth-order valence-electron chi connectivity index (χ4n) is 2.28. The number of anilines is 1. The van der Waals surface area contributed by atoms with Crippen LogP contribution < -0.4 is 10.4 Å². The lowest BCUT2D eigenvalue weighted by molar-refractivity contribution is -0.254. The first kappa shape index (κ1) is 12.4. The Bertz CT molecular complexity index is 643. The number of fused-ring (bicyclic) bond motifs is 1. The third-order valence-corrected chi connectivity index (χ3v) is 5.17. The number of aromatic carboxylic acids is 1. The van der Waals surface area contributed by atoms with Crippen molar-refractivity contribution < 1.29 is 14.7 Å². The molecule has 6 heteroatoms. The zero-order chi connectivity index (χ0) is 13.4. The number of amides is 1. The van der Waals surface area contributed by atoms with Crippen LogP contribution in [0.3, 0.4) is 0 Å². The first-order valence-electron chi connectivity index (χ1n) is 5.87. The first-order chi connectivity index (χ1) is 9.16. The lowest BCUT2D eigenvalue weighted by Crippen LogP contribution is -2.24. The molecule has 0 atom stereocenters. The van der Waals surface area contributed by atoms with Crippen LogP contribution in [0, 0.1) is 0 Å². The van der Waals surface area contributed by atoms with E-state index in [1.54, 1.807) is 12.1 Å². The summed E-state index contributed by atoms with van der Waals surface area (Å²) in [4.78, 5) is 24.9. The largest absolute Gasteiger partial charge is 0.545 e. The van der Waals surface area contributed by atoms with Crippen LogP contribution in [0.1, 0.15) is 36.9 Å². The number of rotatable bonds is 3. The summed E-state index contributed by atoms with van der Waals surface area (Å²) < 4.78 is 0. The molecular formula is C13H10NO3S2-. The fourth-order valence-corrected chi connectivity index (χ4v) is 4.17. The quantitative estimate of drug-likeness (QED) is 0.939. The second-order valence-corrected chi connectivity index (χ2v) is 6.33. The number of hydrogen-bond donors (Lipinski definition) is 1. The van der Waals surface area contributed by atoms with Crippen LogP contribution in [0.5, 0.6) is 0 Å². The molecular weight excluding hydrogens is 282 g/mol. The van der Waals surface area contributed by atoms with Crippen molar-refractivity contribution in [3.05, 3.63) is 38.4 Å². The minimum atomic E-state index is -1.21. The number of carbonyl (C=O) groups is 2. The van der Waals surface area contributed by atoms with E-state index in [9.17, 15) is 14.7 Å². The summed E-state index contributed by atoms with van der Waals surface area (Å²) in [7, 11) is 0. The van der Waals surface area contributed by atoms with Gasteiger partial charge in [-0.25, -0.2) is 0 Å². The van der Waals surface area contributed by atoms with E-state index >= 15 is 0 Å². The molecule has 3 rings (SSSR count). The Hall–Kier alpha value is -1.66. The molecule has 1 aliphatic rings. The molecule has 1 aliphatic carbocycles. The van der Waals surface area contributed by atoms with Gasteiger partial charge in [0.15, 0.2) is 0 Å². The Morgan fingerprint density at radius 3 is 2.84 bits per heavy atom. The second kappa shape index (κ2) is 4.79. The van der Waals surface area contributed by atoms with Crippen molar-refractivity contribution >= 4 is 39.6 Å². The molecule has 4 nitrogen and oxygen atoms in total. The summed E-state index contributed by atoms with van der Waals surface area (Å²) in [6.45, 7) is 0. The van der Waals surface area contributed by atoms with Gasteiger partial charge in [-0.05, 0) is 36.3 Å². The standard InChI is InChI=1S/C13H11NO3S2/c15-11(9-5-2-6-18-9)14-12-10(13(16)17)7-3-1-4-8(7)19-12/h2,5-6H,1,3-4H2,(H,14,15)(H,16,17)/p-1. The van der Waals surface area contributed by atoms with Crippen LogP contribution >= 0.6 is 22.7 Å². The number of nitrogens with one attached hydrogen (secondary N) is 1. The molecule has 19 heavy (non-hydrogen) atoms. The number of carbonyl (C=O) groups excluding carboxylic acids is 2. The normalized spacial score (nSPS) is 13.3. The van der Waals surface area contributed by atoms with Crippen molar-refractivity contribution in [2.24, 2.45) is 0 Å². The predicted octanol–water partition coefficient (Wildman–Crippen LogP) is 1.91. The smallest absolute Gasteiger partial charge is 0.266 e. The Morgan fingerprint density at radius 1 is 1.32 bits per heavy atom. The fraction of sp³-hybridized carbons (Fsp3) is 0.231. The van der Waals surface area contributed by atoms with E-state index in [1.807, 2.05) is 5.38 Å². The molecule has 0 saturated heterocycles. The molecule has 0 bridgehead atoms. The minimum Gasteiger partial charge on any atom is -0.545 e. The molecule has 2 heterocycles. The van der Waals surface area contributed by atoms with E-state index in [-0.39, 0.29) is 11.5 Å². The maximum atomic E-state index is 12.0. The average Bonchev–Trinajstić information content (AvgIpc) is 3.03. The van der Waals surface area contributed by atoms with Crippen molar-refractivity contribution in [1.29, 1.82) is 0 Å². The number of aryl methyl sites for hydroxylation is 1. The van der Waals surface area contributed by atoms with E-state index < -0.39 is 5.97 Å². The number of carboxylic acids is 1. The van der Waals surface area contributed by atoms with Crippen molar-refractivity contribution in [1.82, 2.24) is 0 Å². The Labute approximate surface area is 117 Å². The molecule has 2 aromatic heterocycles. The highest BCUT2D eigenvalue weighted by molar-refractivity contribution is 7.17. The Kier molecular flexibility index (Phi) is 3.12. The van der Waals surface area contributed by atoms with Gasteiger partial charge in [-0.3, -0.25) is 4.79 Å². The summed E-state index contributed by atoms with van der Waals surface area (Å²) in [5.74, 6) is -1.47. The van der Waals surface area contributed by atoms with Gasteiger partial charge in [-0.15, -0.1) is 22.7 Å². The van der Waals surface area contributed by atoms with Gasteiger partial charge in [0.2, 0.25) is 0 Å². The third-order valence-electron chi connectivity index (χ3n) is 3.10. The van der Waals surface area contributed by atoms with Gasteiger partial charge in [0.05, 0.1) is 10.8 Å². The highest BCUT2D eigenvalue weighted by atomic mass is 32.1. The summed E-state index contributed by atoms with van der Waals surface area (Å²) in [6.07, 6.45) is 2.61. The van der Waals surface area contributed by atoms with Crippen molar-refractivity contribution in [2.75, 3.05) is 5.32 Å². The van der Waals surface area contributed by atoms with E-state index in [0.717, 1.165) is 29.7 Å². The molecule has 0 fully saturated rings.